The zero-order valence-electron chi connectivity index (χ0n) is 25.7. The SMILES string of the molecule is COc1ncnc(C2CC2)c1-c1nc(N(C2CC2)C(C)c2ccc(-c3nc(C(F)(F)F)cn3C(C)C)cc2)c2[nH]c(C)nc2n1. The highest BCUT2D eigenvalue weighted by Crippen LogP contribution is 2.46. The van der Waals surface area contributed by atoms with Crippen molar-refractivity contribution < 1.29 is 17.9 Å². The van der Waals surface area contributed by atoms with Gasteiger partial charge in [-0.05, 0) is 58.9 Å². The molecule has 0 aliphatic heterocycles. The summed E-state index contributed by atoms with van der Waals surface area (Å²) >= 11 is 0. The minimum Gasteiger partial charge on any atom is -0.480 e. The second kappa shape index (κ2) is 10.8. The number of imidazole rings is 2. The summed E-state index contributed by atoms with van der Waals surface area (Å²) in [6.45, 7) is 7.69. The predicted octanol–water partition coefficient (Wildman–Crippen LogP) is 7.20. The highest BCUT2D eigenvalue weighted by molar-refractivity contribution is 5.87. The lowest BCUT2D eigenvalue weighted by atomic mass is 10.0. The average molecular weight is 618 g/mol. The molecule has 2 fully saturated rings. The Morgan fingerprint density at radius 2 is 1.71 bits per heavy atom. The molecular formula is C32H34F3N9O. The van der Waals surface area contributed by atoms with Crippen LogP contribution in [-0.2, 0) is 6.18 Å². The Morgan fingerprint density at radius 3 is 2.33 bits per heavy atom. The van der Waals surface area contributed by atoms with Crippen molar-refractivity contribution in [3.63, 3.8) is 0 Å². The van der Waals surface area contributed by atoms with E-state index in [1.54, 1.807) is 11.7 Å². The third kappa shape index (κ3) is 5.38. The molecule has 2 aliphatic carbocycles. The lowest BCUT2D eigenvalue weighted by Gasteiger charge is -2.31. The molecule has 1 atom stereocenters. The van der Waals surface area contributed by atoms with E-state index in [-0.39, 0.29) is 23.9 Å². The summed E-state index contributed by atoms with van der Waals surface area (Å²) in [5.74, 6) is 2.96. The molecule has 4 heterocycles. The number of nitrogens with one attached hydrogen (secondary N) is 1. The first kappa shape index (κ1) is 29.2. The first-order valence-electron chi connectivity index (χ1n) is 15.2. The Bertz CT molecular complexity index is 1870. The van der Waals surface area contributed by atoms with Crippen LogP contribution < -0.4 is 9.64 Å². The Kier molecular flexibility index (Phi) is 7.01. The Morgan fingerprint density at radius 1 is 0.978 bits per heavy atom. The van der Waals surface area contributed by atoms with Crippen molar-refractivity contribution in [3.05, 3.63) is 59.6 Å². The van der Waals surface area contributed by atoms with Gasteiger partial charge in [-0.2, -0.15) is 13.2 Å². The summed E-state index contributed by atoms with van der Waals surface area (Å²) in [5, 5.41) is 0. The molecule has 4 aromatic heterocycles. The van der Waals surface area contributed by atoms with E-state index in [9.17, 15) is 13.2 Å². The standard InChI is InChI=1S/C32H34F3N9O/c1-16(2)43-14-23(32(33,34)35)40-29(43)21-10-6-19(7-11-21)17(3)44(22-12-13-22)30-26-28(39-18(4)38-26)41-27(42-30)24-25(20-8-9-20)36-15-37-31(24)45-5/h6-7,10-11,14-17,20,22H,8-9,12-13H2,1-5H3,(H,38,39,41,42). The first-order valence-corrected chi connectivity index (χ1v) is 15.2. The van der Waals surface area contributed by atoms with E-state index in [2.05, 4.69) is 36.7 Å². The number of fused-ring (bicyclic) bond motifs is 1. The van der Waals surface area contributed by atoms with Gasteiger partial charge in [0.15, 0.2) is 23.0 Å². The van der Waals surface area contributed by atoms with E-state index in [0.29, 0.717) is 34.4 Å². The fourth-order valence-corrected chi connectivity index (χ4v) is 5.94. The van der Waals surface area contributed by atoms with Gasteiger partial charge in [0.1, 0.15) is 29.1 Å². The van der Waals surface area contributed by atoms with Gasteiger partial charge in [0.05, 0.1) is 18.8 Å². The van der Waals surface area contributed by atoms with Crippen LogP contribution in [0.3, 0.4) is 0 Å². The van der Waals surface area contributed by atoms with Crippen LogP contribution in [0, 0.1) is 6.92 Å². The maximum absolute atomic E-state index is 13.5. The molecule has 10 nitrogen and oxygen atoms in total. The van der Waals surface area contributed by atoms with E-state index in [1.165, 1.54) is 6.33 Å². The number of hydrogen-bond acceptors (Lipinski definition) is 8. The van der Waals surface area contributed by atoms with Crippen LogP contribution in [0.5, 0.6) is 5.88 Å². The van der Waals surface area contributed by atoms with Gasteiger partial charge < -0.3 is 19.2 Å². The molecular weight excluding hydrogens is 583 g/mol. The van der Waals surface area contributed by atoms with Crippen LogP contribution in [0.1, 0.15) is 87.2 Å². The summed E-state index contributed by atoms with van der Waals surface area (Å²) in [5.41, 5.74) is 3.59. The molecule has 234 valence electrons. The first-order chi connectivity index (χ1) is 21.5. The van der Waals surface area contributed by atoms with Crippen LogP contribution >= 0.6 is 0 Å². The molecule has 1 unspecified atom stereocenters. The van der Waals surface area contributed by atoms with Gasteiger partial charge in [-0.15, -0.1) is 0 Å². The van der Waals surface area contributed by atoms with Gasteiger partial charge in [-0.25, -0.2) is 29.9 Å². The molecule has 0 bridgehead atoms. The van der Waals surface area contributed by atoms with Gasteiger partial charge >= 0.3 is 6.18 Å². The number of methoxy groups -OCH3 is 1. The number of anilines is 1. The number of benzene rings is 1. The third-order valence-electron chi connectivity index (χ3n) is 8.51. The van der Waals surface area contributed by atoms with E-state index < -0.39 is 11.9 Å². The fraction of sp³-hybridized carbons (Fsp3) is 0.438. The number of aromatic amines is 1. The van der Waals surface area contributed by atoms with Crippen molar-refractivity contribution in [2.24, 2.45) is 0 Å². The number of aromatic nitrogens is 8. The van der Waals surface area contributed by atoms with Crippen molar-refractivity contribution in [2.75, 3.05) is 12.0 Å². The summed E-state index contributed by atoms with van der Waals surface area (Å²) in [6.07, 6.45) is 2.18. The third-order valence-corrected chi connectivity index (χ3v) is 8.51. The largest absolute Gasteiger partial charge is 0.480 e. The van der Waals surface area contributed by atoms with E-state index in [4.69, 9.17) is 14.7 Å². The Balaban J connectivity index is 1.30. The Labute approximate surface area is 258 Å². The highest BCUT2D eigenvalue weighted by atomic mass is 19.4. The van der Waals surface area contributed by atoms with Crippen molar-refractivity contribution in [3.8, 4) is 28.7 Å². The molecule has 0 saturated heterocycles. The van der Waals surface area contributed by atoms with E-state index >= 15 is 0 Å². The average Bonchev–Trinajstić information content (AvgIpc) is 3.94. The van der Waals surface area contributed by atoms with E-state index in [1.807, 2.05) is 45.0 Å². The number of nitrogens with zero attached hydrogens (tertiary/aromatic N) is 8. The molecule has 0 radical (unpaired) electrons. The van der Waals surface area contributed by atoms with Crippen molar-refractivity contribution >= 4 is 17.0 Å². The van der Waals surface area contributed by atoms with Gasteiger partial charge in [0, 0.05) is 29.8 Å². The monoisotopic (exact) mass is 617 g/mol. The van der Waals surface area contributed by atoms with Crippen LogP contribution in [0.4, 0.5) is 19.0 Å². The normalized spacial score (nSPS) is 16.0. The molecule has 2 aliphatic rings. The zero-order valence-corrected chi connectivity index (χ0v) is 25.7. The van der Waals surface area contributed by atoms with E-state index in [0.717, 1.165) is 60.3 Å². The van der Waals surface area contributed by atoms with Gasteiger partial charge in [-0.1, -0.05) is 24.3 Å². The molecule has 1 N–H and O–H groups in total. The number of halogens is 3. The second-order valence-corrected chi connectivity index (χ2v) is 12.2. The quantitative estimate of drug-likeness (QED) is 0.185. The van der Waals surface area contributed by atoms with Gasteiger partial charge in [0.2, 0.25) is 5.88 Å². The lowest BCUT2D eigenvalue weighted by Crippen LogP contribution is -2.30. The number of H-pyrrole nitrogens is 1. The molecule has 0 amide bonds. The molecule has 0 spiro atoms. The fourth-order valence-electron chi connectivity index (χ4n) is 5.94. The number of alkyl halides is 3. The molecule has 45 heavy (non-hydrogen) atoms. The van der Waals surface area contributed by atoms with Crippen LogP contribution in [0.15, 0.2) is 36.8 Å². The number of hydrogen-bond donors (Lipinski definition) is 1. The van der Waals surface area contributed by atoms with Crippen LogP contribution in [0.25, 0.3) is 33.9 Å². The van der Waals surface area contributed by atoms with Crippen LogP contribution in [-0.4, -0.2) is 52.6 Å². The Hall–Kier alpha value is -4.55. The van der Waals surface area contributed by atoms with Crippen molar-refractivity contribution in [2.45, 2.75) is 83.6 Å². The second-order valence-electron chi connectivity index (χ2n) is 12.2. The molecule has 2 saturated carbocycles. The molecule has 13 heteroatoms. The molecule has 5 aromatic rings. The predicted molar refractivity (Wildman–Crippen MR) is 163 cm³/mol. The lowest BCUT2D eigenvalue weighted by molar-refractivity contribution is -0.140. The highest BCUT2D eigenvalue weighted by Gasteiger charge is 2.38. The molecule has 7 rings (SSSR count). The van der Waals surface area contributed by atoms with Crippen molar-refractivity contribution in [1.82, 2.24) is 39.5 Å². The summed E-state index contributed by atoms with van der Waals surface area (Å²) in [4.78, 5) is 33.3. The molecule has 1 aromatic carbocycles. The maximum atomic E-state index is 13.5. The topological polar surface area (TPSA) is 111 Å². The van der Waals surface area contributed by atoms with Gasteiger partial charge in [0.25, 0.3) is 0 Å². The van der Waals surface area contributed by atoms with Crippen LogP contribution in [0.2, 0.25) is 0 Å². The maximum Gasteiger partial charge on any atom is 0.434 e. The summed E-state index contributed by atoms with van der Waals surface area (Å²) in [6, 6.07) is 7.54. The number of rotatable bonds is 9. The minimum absolute atomic E-state index is 0.117. The smallest absolute Gasteiger partial charge is 0.434 e. The van der Waals surface area contributed by atoms with Crippen molar-refractivity contribution in [1.29, 1.82) is 0 Å². The zero-order chi connectivity index (χ0) is 31.6. The van der Waals surface area contributed by atoms with Gasteiger partial charge in [-0.3, -0.25) is 0 Å². The minimum atomic E-state index is -4.52. The number of aryl methyl sites for hydroxylation is 1. The summed E-state index contributed by atoms with van der Waals surface area (Å²) in [7, 11) is 1.58. The number of ether oxygens (including phenoxy) is 1. The summed E-state index contributed by atoms with van der Waals surface area (Å²) < 4.78 is 47.7.